The monoisotopic (exact) mass is 268 g/mol. The van der Waals surface area contributed by atoms with Crippen molar-refractivity contribution in [2.45, 2.75) is 26.4 Å². The zero-order chi connectivity index (χ0) is 13.9. The molecule has 0 unspecified atom stereocenters. The van der Waals surface area contributed by atoms with Crippen molar-refractivity contribution in [3.05, 3.63) is 53.9 Å². The van der Waals surface area contributed by atoms with Gasteiger partial charge in [0.1, 0.15) is 11.9 Å². The van der Waals surface area contributed by atoms with Crippen molar-refractivity contribution < 1.29 is 4.74 Å². The summed E-state index contributed by atoms with van der Waals surface area (Å²) >= 11 is 0. The van der Waals surface area contributed by atoms with Crippen molar-refractivity contribution in [3.8, 4) is 5.75 Å². The summed E-state index contributed by atoms with van der Waals surface area (Å²) in [4.78, 5) is 6.42. The molecule has 20 heavy (non-hydrogen) atoms. The fourth-order valence-corrected chi connectivity index (χ4v) is 2.59. The van der Waals surface area contributed by atoms with Crippen molar-refractivity contribution in [2.24, 2.45) is 0 Å². The summed E-state index contributed by atoms with van der Waals surface area (Å²) in [6.07, 6.45) is 5.01. The predicted molar refractivity (Wildman–Crippen MR) is 81.4 cm³/mol. The number of pyridine rings is 1. The Morgan fingerprint density at radius 2 is 1.90 bits per heavy atom. The van der Waals surface area contributed by atoms with Crippen molar-refractivity contribution in [2.75, 3.05) is 18.0 Å². The minimum absolute atomic E-state index is 0.269. The SMILES string of the molecule is Cc1ccc(O[C@H]2CCN(c3ccncc3)C2)cc1C. The average molecular weight is 268 g/mol. The molecule has 0 saturated carbocycles. The quantitative estimate of drug-likeness (QED) is 0.853. The number of ether oxygens (including phenoxy) is 1. The molecule has 104 valence electrons. The Bertz CT molecular complexity index is 583. The third-order valence-corrected chi connectivity index (χ3v) is 3.95. The van der Waals surface area contributed by atoms with Gasteiger partial charge in [0.2, 0.25) is 0 Å². The molecule has 1 aliphatic heterocycles. The van der Waals surface area contributed by atoms with Gasteiger partial charge in [-0.15, -0.1) is 0 Å². The standard InChI is InChI=1S/C17H20N2O/c1-13-3-4-16(11-14(13)2)20-17-7-10-19(12-17)15-5-8-18-9-6-15/h3-6,8-9,11,17H,7,10,12H2,1-2H3/t17-/m0/s1. The Labute approximate surface area is 120 Å². The first-order valence-electron chi connectivity index (χ1n) is 7.11. The van der Waals surface area contributed by atoms with E-state index in [1.807, 2.05) is 12.4 Å². The van der Waals surface area contributed by atoms with E-state index in [9.17, 15) is 0 Å². The van der Waals surface area contributed by atoms with Gasteiger partial charge in [0.25, 0.3) is 0 Å². The molecular formula is C17H20N2O. The Morgan fingerprint density at radius 1 is 1.10 bits per heavy atom. The maximum atomic E-state index is 6.11. The van der Waals surface area contributed by atoms with Crippen molar-refractivity contribution in [3.63, 3.8) is 0 Å². The Morgan fingerprint density at radius 3 is 2.65 bits per heavy atom. The molecule has 1 aromatic heterocycles. The van der Waals surface area contributed by atoms with Crippen LogP contribution in [-0.4, -0.2) is 24.2 Å². The van der Waals surface area contributed by atoms with E-state index in [2.05, 4.69) is 54.1 Å². The van der Waals surface area contributed by atoms with E-state index < -0.39 is 0 Å². The molecule has 1 saturated heterocycles. The van der Waals surface area contributed by atoms with Crippen LogP contribution in [0.3, 0.4) is 0 Å². The summed E-state index contributed by atoms with van der Waals surface area (Å²) in [5.74, 6) is 0.981. The number of benzene rings is 1. The highest BCUT2D eigenvalue weighted by Crippen LogP contribution is 2.24. The minimum Gasteiger partial charge on any atom is -0.489 e. The molecule has 3 rings (SSSR count). The number of anilines is 1. The zero-order valence-corrected chi connectivity index (χ0v) is 12.0. The smallest absolute Gasteiger partial charge is 0.120 e. The molecule has 3 heteroatoms. The van der Waals surface area contributed by atoms with Crippen LogP contribution in [0.25, 0.3) is 0 Å². The van der Waals surface area contributed by atoms with E-state index in [0.29, 0.717) is 0 Å². The summed E-state index contributed by atoms with van der Waals surface area (Å²) in [5, 5.41) is 0. The van der Waals surface area contributed by atoms with Crippen molar-refractivity contribution in [1.82, 2.24) is 4.98 Å². The highest BCUT2D eigenvalue weighted by atomic mass is 16.5. The summed E-state index contributed by atoms with van der Waals surface area (Å²) in [7, 11) is 0. The second-order valence-corrected chi connectivity index (χ2v) is 5.43. The predicted octanol–water partition coefficient (Wildman–Crippen LogP) is 3.36. The Hall–Kier alpha value is -2.03. The topological polar surface area (TPSA) is 25.4 Å². The number of aromatic nitrogens is 1. The van der Waals surface area contributed by atoms with Crippen LogP contribution in [-0.2, 0) is 0 Å². The first-order valence-corrected chi connectivity index (χ1v) is 7.11. The van der Waals surface area contributed by atoms with Crippen molar-refractivity contribution in [1.29, 1.82) is 0 Å². The van der Waals surface area contributed by atoms with Gasteiger partial charge in [-0.05, 0) is 49.2 Å². The molecule has 0 spiro atoms. The van der Waals surface area contributed by atoms with E-state index in [0.717, 1.165) is 25.3 Å². The van der Waals surface area contributed by atoms with Crippen LogP contribution >= 0.6 is 0 Å². The first-order chi connectivity index (χ1) is 9.72. The summed E-state index contributed by atoms with van der Waals surface area (Å²) in [5.41, 5.74) is 3.82. The number of hydrogen-bond acceptors (Lipinski definition) is 3. The van der Waals surface area contributed by atoms with Gasteiger partial charge in [0.15, 0.2) is 0 Å². The third-order valence-electron chi connectivity index (χ3n) is 3.95. The molecule has 0 radical (unpaired) electrons. The normalized spacial score (nSPS) is 18.3. The second kappa shape index (κ2) is 5.53. The summed E-state index contributed by atoms with van der Waals surface area (Å²) in [6.45, 7) is 6.23. The first kappa shape index (κ1) is 13.0. The van der Waals surface area contributed by atoms with Crippen LogP contribution in [0.4, 0.5) is 5.69 Å². The molecular weight excluding hydrogens is 248 g/mol. The second-order valence-electron chi connectivity index (χ2n) is 5.43. The van der Waals surface area contributed by atoms with E-state index in [4.69, 9.17) is 4.74 Å². The summed E-state index contributed by atoms with van der Waals surface area (Å²) in [6, 6.07) is 10.4. The van der Waals surface area contributed by atoms with E-state index >= 15 is 0 Å². The molecule has 2 aromatic rings. The van der Waals surface area contributed by atoms with E-state index in [-0.39, 0.29) is 6.10 Å². The van der Waals surface area contributed by atoms with E-state index in [1.165, 1.54) is 16.8 Å². The molecule has 3 nitrogen and oxygen atoms in total. The molecule has 1 aromatic carbocycles. The van der Waals surface area contributed by atoms with Gasteiger partial charge in [-0.3, -0.25) is 4.98 Å². The van der Waals surface area contributed by atoms with Gasteiger partial charge in [0, 0.05) is 31.0 Å². The van der Waals surface area contributed by atoms with Crippen LogP contribution in [0.5, 0.6) is 5.75 Å². The largest absolute Gasteiger partial charge is 0.489 e. The zero-order valence-electron chi connectivity index (χ0n) is 12.0. The molecule has 2 heterocycles. The van der Waals surface area contributed by atoms with Crippen molar-refractivity contribution >= 4 is 5.69 Å². The highest BCUT2D eigenvalue weighted by molar-refractivity contribution is 5.46. The Kier molecular flexibility index (Phi) is 3.59. The molecule has 1 atom stereocenters. The van der Waals surface area contributed by atoms with Gasteiger partial charge in [-0.25, -0.2) is 0 Å². The molecule has 0 aliphatic carbocycles. The fraction of sp³-hybridized carbons (Fsp3) is 0.353. The number of hydrogen-bond donors (Lipinski definition) is 0. The van der Waals surface area contributed by atoms with Crippen LogP contribution < -0.4 is 9.64 Å². The lowest BCUT2D eigenvalue weighted by Crippen LogP contribution is -2.24. The molecule has 0 amide bonds. The maximum absolute atomic E-state index is 6.11. The van der Waals surface area contributed by atoms with Gasteiger partial charge < -0.3 is 9.64 Å². The lowest BCUT2D eigenvalue weighted by Gasteiger charge is -2.19. The third kappa shape index (κ3) is 2.77. The number of nitrogens with zero attached hydrogens (tertiary/aromatic N) is 2. The molecule has 1 fully saturated rings. The number of aryl methyl sites for hydroxylation is 2. The van der Waals surface area contributed by atoms with Crippen LogP contribution in [0.1, 0.15) is 17.5 Å². The maximum Gasteiger partial charge on any atom is 0.120 e. The average Bonchev–Trinajstić information content (AvgIpc) is 2.92. The number of rotatable bonds is 3. The summed E-state index contributed by atoms with van der Waals surface area (Å²) < 4.78 is 6.11. The lowest BCUT2D eigenvalue weighted by atomic mass is 10.1. The molecule has 1 aliphatic rings. The van der Waals surface area contributed by atoms with Gasteiger partial charge >= 0.3 is 0 Å². The van der Waals surface area contributed by atoms with E-state index in [1.54, 1.807) is 0 Å². The van der Waals surface area contributed by atoms with Crippen LogP contribution in [0, 0.1) is 13.8 Å². The lowest BCUT2D eigenvalue weighted by molar-refractivity contribution is 0.225. The van der Waals surface area contributed by atoms with Gasteiger partial charge in [0.05, 0.1) is 6.54 Å². The fourth-order valence-electron chi connectivity index (χ4n) is 2.59. The van der Waals surface area contributed by atoms with Crippen LogP contribution in [0.2, 0.25) is 0 Å². The molecule has 0 bridgehead atoms. The minimum atomic E-state index is 0.269. The molecule has 0 N–H and O–H groups in total. The highest BCUT2D eigenvalue weighted by Gasteiger charge is 2.24. The van der Waals surface area contributed by atoms with Crippen LogP contribution in [0.15, 0.2) is 42.7 Å². The Balaban J connectivity index is 1.64. The van der Waals surface area contributed by atoms with Gasteiger partial charge in [-0.2, -0.15) is 0 Å². The van der Waals surface area contributed by atoms with Gasteiger partial charge in [-0.1, -0.05) is 6.07 Å².